The summed E-state index contributed by atoms with van der Waals surface area (Å²) in [7, 11) is 1.97. The van der Waals surface area contributed by atoms with Crippen LogP contribution in [0.3, 0.4) is 0 Å². The standard InChI is InChI=1S/C17H24FN3/c1-5-19-16(10-14-7-6-8-15(18)9-14)11-17-12(2)20-21(4)13(17)3/h6-9,16,19H,5,10-11H2,1-4H3. The number of hydrogen-bond acceptors (Lipinski definition) is 2. The van der Waals surface area contributed by atoms with Crippen molar-refractivity contribution in [2.45, 2.75) is 39.7 Å². The number of nitrogens with zero attached hydrogens (tertiary/aromatic N) is 2. The third-order valence-corrected chi connectivity index (χ3v) is 3.97. The van der Waals surface area contributed by atoms with Gasteiger partial charge in [0.25, 0.3) is 0 Å². The molecule has 0 saturated carbocycles. The SMILES string of the molecule is CCNC(Cc1cccc(F)c1)Cc1c(C)nn(C)c1C. The maximum atomic E-state index is 13.3. The summed E-state index contributed by atoms with van der Waals surface area (Å²) in [6.45, 7) is 7.15. The van der Waals surface area contributed by atoms with Gasteiger partial charge in [0, 0.05) is 18.8 Å². The highest BCUT2D eigenvalue weighted by atomic mass is 19.1. The molecule has 114 valence electrons. The minimum atomic E-state index is -0.170. The average molecular weight is 289 g/mol. The molecule has 1 unspecified atom stereocenters. The summed E-state index contributed by atoms with van der Waals surface area (Å²) < 4.78 is 15.3. The zero-order chi connectivity index (χ0) is 15.4. The van der Waals surface area contributed by atoms with Crippen LogP contribution in [0.15, 0.2) is 24.3 Å². The van der Waals surface area contributed by atoms with Crippen molar-refractivity contribution in [1.82, 2.24) is 15.1 Å². The lowest BCUT2D eigenvalue weighted by Crippen LogP contribution is -2.33. The van der Waals surface area contributed by atoms with Crippen LogP contribution in [0.4, 0.5) is 4.39 Å². The number of aryl methyl sites for hydroxylation is 2. The molecule has 0 radical (unpaired) electrons. The van der Waals surface area contributed by atoms with Gasteiger partial charge in [-0.25, -0.2) is 4.39 Å². The summed E-state index contributed by atoms with van der Waals surface area (Å²) in [5.74, 6) is -0.170. The molecule has 0 spiro atoms. The van der Waals surface area contributed by atoms with Gasteiger partial charge >= 0.3 is 0 Å². The van der Waals surface area contributed by atoms with Gasteiger partial charge in [-0.3, -0.25) is 4.68 Å². The Labute approximate surface area is 126 Å². The topological polar surface area (TPSA) is 29.9 Å². The lowest BCUT2D eigenvalue weighted by atomic mass is 9.97. The molecule has 1 atom stereocenters. The summed E-state index contributed by atoms with van der Waals surface area (Å²) in [5.41, 5.74) is 4.60. The molecule has 0 fully saturated rings. The predicted octanol–water partition coefficient (Wildman–Crippen LogP) is 2.94. The molecule has 1 aromatic heterocycles. The van der Waals surface area contributed by atoms with Crippen LogP contribution in [0.25, 0.3) is 0 Å². The van der Waals surface area contributed by atoms with Crippen LogP contribution in [-0.4, -0.2) is 22.4 Å². The fraction of sp³-hybridized carbons (Fsp3) is 0.471. The molecule has 1 heterocycles. The number of aromatic nitrogens is 2. The third-order valence-electron chi connectivity index (χ3n) is 3.97. The largest absolute Gasteiger partial charge is 0.314 e. The number of nitrogens with one attached hydrogen (secondary N) is 1. The Balaban J connectivity index is 2.15. The smallest absolute Gasteiger partial charge is 0.123 e. The van der Waals surface area contributed by atoms with Gasteiger partial charge in [0.15, 0.2) is 0 Å². The Morgan fingerprint density at radius 3 is 2.62 bits per heavy atom. The van der Waals surface area contributed by atoms with Crippen molar-refractivity contribution in [3.05, 3.63) is 52.6 Å². The van der Waals surface area contributed by atoms with E-state index in [1.807, 2.05) is 24.7 Å². The highest BCUT2D eigenvalue weighted by Gasteiger charge is 2.16. The molecular formula is C17H24FN3. The molecule has 0 saturated heterocycles. The molecule has 1 aromatic carbocycles. The fourth-order valence-corrected chi connectivity index (χ4v) is 2.81. The number of halogens is 1. The van der Waals surface area contributed by atoms with Gasteiger partial charge in [-0.15, -0.1) is 0 Å². The van der Waals surface area contributed by atoms with Gasteiger partial charge in [-0.05, 0) is 56.5 Å². The Morgan fingerprint density at radius 1 is 1.29 bits per heavy atom. The predicted molar refractivity (Wildman–Crippen MR) is 84.0 cm³/mol. The van der Waals surface area contributed by atoms with Crippen molar-refractivity contribution in [1.29, 1.82) is 0 Å². The quantitative estimate of drug-likeness (QED) is 0.886. The van der Waals surface area contributed by atoms with Crippen LogP contribution in [-0.2, 0) is 19.9 Å². The Morgan fingerprint density at radius 2 is 2.05 bits per heavy atom. The van der Waals surface area contributed by atoms with Crippen molar-refractivity contribution >= 4 is 0 Å². The van der Waals surface area contributed by atoms with Crippen LogP contribution in [0.5, 0.6) is 0 Å². The summed E-state index contributed by atoms with van der Waals surface area (Å²) in [5, 5.41) is 7.98. The molecule has 0 aliphatic carbocycles. The van der Waals surface area contributed by atoms with Crippen LogP contribution in [0.1, 0.15) is 29.4 Å². The van der Waals surface area contributed by atoms with E-state index in [2.05, 4.69) is 24.3 Å². The molecule has 2 aromatic rings. The lowest BCUT2D eigenvalue weighted by molar-refractivity contribution is 0.517. The van der Waals surface area contributed by atoms with Crippen molar-refractivity contribution in [2.75, 3.05) is 6.54 Å². The van der Waals surface area contributed by atoms with Gasteiger partial charge in [0.2, 0.25) is 0 Å². The van der Waals surface area contributed by atoms with Gasteiger partial charge in [-0.2, -0.15) is 5.10 Å². The van der Waals surface area contributed by atoms with Crippen LogP contribution >= 0.6 is 0 Å². The van der Waals surface area contributed by atoms with Gasteiger partial charge < -0.3 is 5.32 Å². The van der Waals surface area contributed by atoms with Crippen molar-refractivity contribution < 1.29 is 4.39 Å². The highest BCUT2D eigenvalue weighted by Crippen LogP contribution is 2.16. The maximum Gasteiger partial charge on any atom is 0.123 e. The second-order valence-corrected chi connectivity index (χ2v) is 5.57. The Kier molecular flexibility index (Phi) is 5.12. The van der Waals surface area contributed by atoms with Crippen molar-refractivity contribution in [2.24, 2.45) is 7.05 Å². The first kappa shape index (κ1) is 15.7. The fourth-order valence-electron chi connectivity index (χ4n) is 2.81. The minimum Gasteiger partial charge on any atom is -0.314 e. The molecule has 21 heavy (non-hydrogen) atoms. The molecule has 0 aliphatic heterocycles. The van der Waals surface area contributed by atoms with Gasteiger partial charge in [-0.1, -0.05) is 19.1 Å². The molecule has 4 heteroatoms. The van der Waals surface area contributed by atoms with Gasteiger partial charge in [0.05, 0.1) is 5.69 Å². The van der Waals surface area contributed by atoms with Crippen molar-refractivity contribution in [3.8, 4) is 0 Å². The maximum absolute atomic E-state index is 13.3. The first-order valence-corrected chi connectivity index (χ1v) is 7.48. The molecule has 0 bridgehead atoms. The van der Waals surface area contributed by atoms with E-state index in [9.17, 15) is 4.39 Å². The van der Waals surface area contributed by atoms with E-state index < -0.39 is 0 Å². The zero-order valence-corrected chi connectivity index (χ0v) is 13.3. The van der Waals surface area contributed by atoms with E-state index in [0.29, 0.717) is 6.04 Å². The number of rotatable bonds is 6. The Bertz CT molecular complexity index is 604. The molecular weight excluding hydrogens is 265 g/mol. The van der Waals surface area contributed by atoms with E-state index in [4.69, 9.17) is 0 Å². The highest BCUT2D eigenvalue weighted by molar-refractivity contribution is 5.26. The average Bonchev–Trinajstić information content (AvgIpc) is 2.66. The zero-order valence-electron chi connectivity index (χ0n) is 13.3. The summed E-state index contributed by atoms with van der Waals surface area (Å²) in [6.07, 6.45) is 1.73. The first-order valence-electron chi connectivity index (χ1n) is 7.48. The van der Waals surface area contributed by atoms with Gasteiger partial charge in [0.1, 0.15) is 5.82 Å². The summed E-state index contributed by atoms with van der Waals surface area (Å²) in [6, 6.07) is 7.15. The van der Waals surface area contributed by atoms with E-state index in [1.165, 1.54) is 17.3 Å². The van der Waals surface area contributed by atoms with E-state index in [-0.39, 0.29) is 5.82 Å². The van der Waals surface area contributed by atoms with Crippen LogP contribution in [0.2, 0.25) is 0 Å². The molecule has 0 amide bonds. The van der Waals surface area contributed by atoms with E-state index >= 15 is 0 Å². The first-order chi connectivity index (χ1) is 10.0. The van der Waals surface area contributed by atoms with Crippen LogP contribution in [0, 0.1) is 19.7 Å². The Hall–Kier alpha value is -1.68. The lowest BCUT2D eigenvalue weighted by Gasteiger charge is -2.18. The number of benzene rings is 1. The number of likely N-dealkylation sites (N-methyl/N-ethyl adjacent to an activating group) is 1. The van der Waals surface area contributed by atoms with E-state index in [1.54, 1.807) is 12.1 Å². The normalized spacial score (nSPS) is 12.6. The third kappa shape index (κ3) is 3.91. The second kappa shape index (κ2) is 6.85. The molecule has 2 rings (SSSR count). The number of hydrogen-bond donors (Lipinski definition) is 1. The molecule has 3 nitrogen and oxygen atoms in total. The second-order valence-electron chi connectivity index (χ2n) is 5.57. The monoisotopic (exact) mass is 289 g/mol. The summed E-state index contributed by atoms with van der Waals surface area (Å²) >= 11 is 0. The minimum absolute atomic E-state index is 0.170. The van der Waals surface area contributed by atoms with E-state index in [0.717, 1.165) is 30.6 Å². The summed E-state index contributed by atoms with van der Waals surface area (Å²) in [4.78, 5) is 0. The molecule has 0 aliphatic rings. The molecule has 1 N–H and O–H groups in total. The van der Waals surface area contributed by atoms with Crippen LogP contribution < -0.4 is 5.32 Å². The van der Waals surface area contributed by atoms with Crippen molar-refractivity contribution in [3.63, 3.8) is 0 Å².